The Balaban J connectivity index is 2.43. The highest BCUT2D eigenvalue weighted by Crippen LogP contribution is 2.38. The van der Waals surface area contributed by atoms with Gasteiger partial charge in [0.25, 0.3) is 5.91 Å². The van der Waals surface area contributed by atoms with Gasteiger partial charge in [0.15, 0.2) is 11.5 Å². The van der Waals surface area contributed by atoms with Gasteiger partial charge in [-0.05, 0) is 18.1 Å². The predicted octanol–water partition coefficient (Wildman–Crippen LogP) is 3.01. The molecule has 1 fully saturated rings. The van der Waals surface area contributed by atoms with E-state index in [9.17, 15) is 14.7 Å². The second-order valence-electron chi connectivity index (χ2n) is 5.66. The fourth-order valence-electron chi connectivity index (χ4n) is 2.58. The molecule has 1 atom stereocenters. The number of benzene rings is 1. The number of carboxylic acids is 1. The van der Waals surface area contributed by atoms with Crippen LogP contribution >= 0.6 is 24.0 Å². The van der Waals surface area contributed by atoms with Gasteiger partial charge in [0.1, 0.15) is 10.4 Å². The number of nitrogens with zero attached hydrogens (tertiary/aromatic N) is 1. The molecule has 0 bridgehead atoms. The third kappa shape index (κ3) is 3.80. The third-order valence-corrected chi connectivity index (χ3v) is 5.04. The molecule has 1 N–H and O–H groups in total. The quantitative estimate of drug-likeness (QED) is 0.599. The lowest BCUT2D eigenvalue weighted by Crippen LogP contribution is -2.47. The Morgan fingerprint density at radius 1 is 1.32 bits per heavy atom. The van der Waals surface area contributed by atoms with Crippen molar-refractivity contribution in [3.05, 3.63) is 28.7 Å². The van der Waals surface area contributed by atoms with Crippen molar-refractivity contribution < 1.29 is 24.2 Å². The molecule has 1 aliphatic rings. The summed E-state index contributed by atoms with van der Waals surface area (Å²) in [5.74, 6) is -0.732. The predicted molar refractivity (Wildman–Crippen MR) is 101 cm³/mol. The van der Waals surface area contributed by atoms with Gasteiger partial charge >= 0.3 is 5.97 Å². The number of carboxylic acid groups (broad SMARTS) is 1. The Hall–Kier alpha value is -2.06. The van der Waals surface area contributed by atoms with Gasteiger partial charge in [-0.25, -0.2) is 4.79 Å². The van der Waals surface area contributed by atoms with Crippen LogP contribution in [0.15, 0.2) is 23.1 Å². The fourth-order valence-corrected chi connectivity index (χ4v) is 3.90. The molecule has 0 unspecified atom stereocenters. The van der Waals surface area contributed by atoms with E-state index in [2.05, 4.69) is 0 Å². The van der Waals surface area contributed by atoms with Crippen LogP contribution in [-0.2, 0) is 9.59 Å². The van der Waals surface area contributed by atoms with Crippen LogP contribution in [0.3, 0.4) is 0 Å². The van der Waals surface area contributed by atoms with Crippen LogP contribution in [0.2, 0.25) is 0 Å². The van der Waals surface area contributed by atoms with Gasteiger partial charge < -0.3 is 14.6 Å². The molecule has 1 aromatic carbocycles. The number of carbonyl (C=O) groups excluding carboxylic acids is 1. The van der Waals surface area contributed by atoms with E-state index >= 15 is 0 Å². The molecular weight excluding hydrogens is 362 g/mol. The Morgan fingerprint density at radius 3 is 2.52 bits per heavy atom. The van der Waals surface area contributed by atoms with Crippen molar-refractivity contribution in [2.45, 2.75) is 19.9 Å². The number of hydrogen-bond donors (Lipinski definition) is 1. The molecule has 2 rings (SSSR count). The lowest BCUT2D eigenvalue weighted by Gasteiger charge is -2.26. The number of hydrogen-bond acceptors (Lipinski definition) is 6. The molecule has 1 aromatic rings. The topological polar surface area (TPSA) is 76.1 Å². The van der Waals surface area contributed by atoms with E-state index in [1.165, 1.54) is 19.1 Å². The first-order chi connectivity index (χ1) is 11.8. The van der Waals surface area contributed by atoms with Crippen LogP contribution < -0.4 is 9.47 Å². The van der Waals surface area contributed by atoms with Crippen molar-refractivity contribution in [2.75, 3.05) is 14.2 Å². The highest BCUT2D eigenvalue weighted by molar-refractivity contribution is 8.26. The summed E-state index contributed by atoms with van der Waals surface area (Å²) in [5, 5.41) is 9.45. The van der Waals surface area contributed by atoms with Crippen molar-refractivity contribution >= 4 is 46.3 Å². The molecule has 0 spiro atoms. The van der Waals surface area contributed by atoms with Crippen molar-refractivity contribution in [3.8, 4) is 11.5 Å². The summed E-state index contributed by atoms with van der Waals surface area (Å²) in [7, 11) is 3.04. The Kier molecular flexibility index (Phi) is 6.07. The van der Waals surface area contributed by atoms with Crippen LogP contribution in [0.5, 0.6) is 11.5 Å². The average molecular weight is 381 g/mol. The summed E-state index contributed by atoms with van der Waals surface area (Å²) < 4.78 is 10.8. The Morgan fingerprint density at radius 2 is 2.00 bits per heavy atom. The molecule has 0 saturated carbocycles. The second-order valence-corrected chi connectivity index (χ2v) is 7.34. The molecule has 0 aromatic heterocycles. The maximum atomic E-state index is 12.7. The lowest BCUT2D eigenvalue weighted by molar-refractivity contribution is -0.146. The molecule has 25 heavy (non-hydrogen) atoms. The van der Waals surface area contributed by atoms with Crippen LogP contribution in [0.25, 0.3) is 6.08 Å². The zero-order valence-corrected chi connectivity index (χ0v) is 15.9. The molecule has 6 nitrogen and oxygen atoms in total. The summed E-state index contributed by atoms with van der Waals surface area (Å²) in [6.07, 6.45) is 1.64. The van der Waals surface area contributed by atoms with Crippen molar-refractivity contribution in [1.82, 2.24) is 4.90 Å². The Labute approximate surface area is 155 Å². The molecular formula is C17H19NO5S2. The normalized spacial score (nSPS) is 17.3. The van der Waals surface area contributed by atoms with Gasteiger partial charge in [-0.1, -0.05) is 50.0 Å². The number of carbonyl (C=O) groups is 2. The maximum Gasteiger partial charge on any atom is 0.327 e. The van der Waals surface area contributed by atoms with E-state index in [0.717, 1.165) is 11.8 Å². The molecule has 8 heteroatoms. The lowest BCUT2D eigenvalue weighted by atomic mass is 10.0. The van der Waals surface area contributed by atoms with Crippen molar-refractivity contribution in [1.29, 1.82) is 0 Å². The minimum atomic E-state index is -1.08. The van der Waals surface area contributed by atoms with Gasteiger partial charge in [-0.15, -0.1) is 0 Å². The van der Waals surface area contributed by atoms with Gasteiger partial charge in [-0.3, -0.25) is 9.69 Å². The molecule has 1 aliphatic heterocycles. The summed E-state index contributed by atoms with van der Waals surface area (Å²) in [6.45, 7) is 3.48. The van der Waals surface area contributed by atoms with Crippen molar-refractivity contribution in [3.63, 3.8) is 0 Å². The number of thiocarbonyl (C=S) groups is 1. The number of ether oxygens (including phenoxy) is 2. The summed E-state index contributed by atoms with van der Waals surface area (Å²) >= 11 is 6.33. The number of thioether (sulfide) groups is 1. The molecule has 1 heterocycles. The number of rotatable bonds is 6. The third-order valence-electron chi connectivity index (χ3n) is 3.71. The SMILES string of the molecule is COc1cccc(/C=C2\SC(=S)N([C@@H](C(=O)O)C(C)C)C2=O)c1OC. The van der Waals surface area contributed by atoms with Gasteiger partial charge in [0, 0.05) is 5.56 Å². The van der Waals surface area contributed by atoms with E-state index in [-0.39, 0.29) is 10.2 Å². The highest BCUT2D eigenvalue weighted by Gasteiger charge is 2.42. The molecule has 1 amide bonds. The fraction of sp³-hybridized carbons (Fsp3) is 0.353. The zero-order chi connectivity index (χ0) is 18.7. The van der Waals surface area contributed by atoms with Crippen LogP contribution in [-0.4, -0.2) is 46.5 Å². The van der Waals surface area contributed by atoms with E-state index < -0.39 is 17.9 Å². The monoisotopic (exact) mass is 381 g/mol. The smallest absolute Gasteiger partial charge is 0.327 e. The Bertz CT molecular complexity index is 745. The van der Waals surface area contributed by atoms with Gasteiger partial charge in [-0.2, -0.15) is 0 Å². The standard InChI is InChI=1S/C17H19NO5S2/c1-9(2)13(16(20)21)18-15(19)12(25-17(18)24)8-10-6-5-7-11(22-3)14(10)23-4/h5-9,13H,1-4H3,(H,20,21)/b12-8-/t13-/m1/s1. The van der Waals surface area contributed by atoms with E-state index in [0.29, 0.717) is 22.0 Å². The van der Waals surface area contributed by atoms with Gasteiger partial charge in [0.2, 0.25) is 0 Å². The van der Waals surface area contributed by atoms with Crippen LogP contribution in [0.1, 0.15) is 19.4 Å². The van der Waals surface area contributed by atoms with E-state index in [4.69, 9.17) is 21.7 Å². The summed E-state index contributed by atoms with van der Waals surface area (Å²) in [5.41, 5.74) is 0.652. The zero-order valence-electron chi connectivity index (χ0n) is 14.3. The van der Waals surface area contributed by atoms with E-state index in [1.807, 2.05) is 0 Å². The molecule has 134 valence electrons. The molecule has 0 radical (unpaired) electrons. The minimum absolute atomic E-state index is 0.235. The highest BCUT2D eigenvalue weighted by atomic mass is 32.2. The van der Waals surface area contributed by atoms with E-state index in [1.54, 1.807) is 38.1 Å². The molecule has 0 aliphatic carbocycles. The van der Waals surface area contributed by atoms with Crippen LogP contribution in [0.4, 0.5) is 0 Å². The van der Waals surface area contributed by atoms with Crippen LogP contribution in [0, 0.1) is 5.92 Å². The first kappa shape index (κ1) is 19.3. The minimum Gasteiger partial charge on any atom is -0.493 e. The summed E-state index contributed by atoms with van der Waals surface area (Å²) in [4.78, 5) is 25.8. The second kappa shape index (κ2) is 7.88. The first-order valence-electron chi connectivity index (χ1n) is 7.52. The number of para-hydroxylation sites is 1. The average Bonchev–Trinajstić information content (AvgIpc) is 2.82. The summed E-state index contributed by atoms with van der Waals surface area (Å²) in [6, 6.07) is 4.32. The number of methoxy groups -OCH3 is 2. The van der Waals surface area contributed by atoms with Gasteiger partial charge in [0.05, 0.1) is 19.1 Å². The maximum absolute atomic E-state index is 12.7. The largest absolute Gasteiger partial charge is 0.493 e. The first-order valence-corrected chi connectivity index (χ1v) is 8.75. The van der Waals surface area contributed by atoms with Crippen molar-refractivity contribution in [2.24, 2.45) is 5.92 Å². The number of amides is 1. The molecule has 1 saturated heterocycles. The number of aliphatic carboxylic acids is 1.